The molecule has 112 valence electrons. The Bertz CT molecular complexity index is 393. The molecule has 2 rings (SSSR count). The average molecular weight is 341 g/mol. The monoisotopic (exact) mass is 340 g/mol. The second-order valence-corrected chi connectivity index (χ2v) is 6.18. The molecule has 1 aliphatic heterocycles. The van der Waals surface area contributed by atoms with Crippen LogP contribution in [-0.2, 0) is 6.42 Å². The number of benzene rings is 1. The van der Waals surface area contributed by atoms with Gasteiger partial charge < -0.3 is 9.47 Å². The second kappa shape index (κ2) is 9.28. The van der Waals surface area contributed by atoms with Crippen LogP contribution in [0.5, 0.6) is 11.5 Å². The number of hydrogen-bond donors (Lipinski definition) is 0. The van der Waals surface area contributed by atoms with Crippen LogP contribution in [0.1, 0.15) is 50.5 Å². The number of ether oxygens (including phenoxy) is 2. The van der Waals surface area contributed by atoms with Crippen molar-refractivity contribution < 1.29 is 9.47 Å². The Balaban J connectivity index is 1.60. The average Bonchev–Trinajstić information content (AvgIpc) is 2.50. The van der Waals surface area contributed by atoms with Gasteiger partial charge in [-0.15, -0.1) is 0 Å². The zero-order valence-corrected chi connectivity index (χ0v) is 13.8. The van der Waals surface area contributed by atoms with Gasteiger partial charge >= 0.3 is 0 Å². The molecule has 0 N–H and O–H groups in total. The fourth-order valence-corrected chi connectivity index (χ4v) is 2.95. The summed E-state index contributed by atoms with van der Waals surface area (Å²) >= 11 is 3.48. The number of aryl methyl sites for hydroxylation is 1. The molecule has 0 spiro atoms. The molecule has 0 fully saturated rings. The van der Waals surface area contributed by atoms with Gasteiger partial charge in [-0.1, -0.05) is 54.1 Å². The molecule has 0 bridgehead atoms. The van der Waals surface area contributed by atoms with Crippen LogP contribution < -0.4 is 9.47 Å². The highest BCUT2D eigenvalue weighted by molar-refractivity contribution is 9.09. The summed E-state index contributed by atoms with van der Waals surface area (Å²) < 4.78 is 11.2. The third kappa shape index (κ3) is 5.35. The minimum absolute atomic E-state index is 0.668. The van der Waals surface area contributed by atoms with Crippen LogP contribution in [0.15, 0.2) is 18.2 Å². The summed E-state index contributed by atoms with van der Waals surface area (Å²) in [5, 5.41) is 1.15. The Morgan fingerprint density at radius 1 is 0.800 bits per heavy atom. The SMILES string of the molecule is BrCCCCCCCCCc1ccc2c(c1)OCCO2. The smallest absolute Gasteiger partial charge is 0.161 e. The molecule has 0 unspecified atom stereocenters. The van der Waals surface area contributed by atoms with Crippen molar-refractivity contribution in [1.82, 2.24) is 0 Å². The molecule has 0 aromatic heterocycles. The maximum atomic E-state index is 5.62. The van der Waals surface area contributed by atoms with E-state index in [2.05, 4.69) is 28.1 Å². The molecule has 0 saturated heterocycles. The largest absolute Gasteiger partial charge is 0.486 e. The van der Waals surface area contributed by atoms with Crippen LogP contribution in [0.25, 0.3) is 0 Å². The van der Waals surface area contributed by atoms with E-state index in [4.69, 9.17) is 9.47 Å². The van der Waals surface area contributed by atoms with E-state index in [0.29, 0.717) is 13.2 Å². The quantitative estimate of drug-likeness (QED) is 0.458. The Morgan fingerprint density at radius 3 is 2.20 bits per heavy atom. The fourth-order valence-electron chi connectivity index (χ4n) is 2.55. The highest BCUT2D eigenvalue weighted by Gasteiger charge is 2.11. The van der Waals surface area contributed by atoms with Gasteiger partial charge in [0.1, 0.15) is 13.2 Å². The summed E-state index contributed by atoms with van der Waals surface area (Å²) in [5.74, 6) is 1.82. The minimum atomic E-state index is 0.668. The van der Waals surface area contributed by atoms with Gasteiger partial charge in [0, 0.05) is 5.33 Å². The molecule has 2 nitrogen and oxygen atoms in total. The zero-order chi connectivity index (χ0) is 14.0. The standard InChI is InChI=1S/C17H25BrO2/c18-11-7-5-3-1-2-4-6-8-15-9-10-16-17(14-15)20-13-12-19-16/h9-10,14H,1-8,11-13H2. The number of halogens is 1. The summed E-state index contributed by atoms with van der Waals surface area (Å²) in [6, 6.07) is 6.36. The molecule has 0 saturated carbocycles. The molecule has 20 heavy (non-hydrogen) atoms. The lowest BCUT2D eigenvalue weighted by Gasteiger charge is -2.18. The van der Waals surface area contributed by atoms with Crippen molar-refractivity contribution >= 4 is 15.9 Å². The lowest BCUT2D eigenvalue weighted by Crippen LogP contribution is -2.15. The van der Waals surface area contributed by atoms with Gasteiger partial charge in [0.2, 0.25) is 0 Å². The van der Waals surface area contributed by atoms with E-state index < -0.39 is 0 Å². The van der Waals surface area contributed by atoms with Crippen molar-refractivity contribution in [3.8, 4) is 11.5 Å². The van der Waals surface area contributed by atoms with Crippen molar-refractivity contribution in [2.75, 3.05) is 18.5 Å². The number of fused-ring (bicyclic) bond motifs is 1. The first-order chi connectivity index (χ1) is 9.90. The molecular formula is C17H25BrO2. The molecule has 1 aliphatic rings. The van der Waals surface area contributed by atoms with E-state index >= 15 is 0 Å². The zero-order valence-electron chi connectivity index (χ0n) is 12.2. The number of hydrogen-bond acceptors (Lipinski definition) is 2. The molecule has 3 heteroatoms. The normalized spacial score (nSPS) is 13.4. The Kier molecular flexibility index (Phi) is 7.27. The molecule has 1 heterocycles. The van der Waals surface area contributed by atoms with Crippen LogP contribution in [-0.4, -0.2) is 18.5 Å². The fraction of sp³-hybridized carbons (Fsp3) is 0.647. The van der Waals surface area contributed by atoms with Crippen molar-refractivity contribution in [2.24, 2.45) is 0 Å². The summed E-state index contributed by atoms with van der Waals surface area (Å²) in [6.07, 6.45) is 10.6. The first-order valence-corrected chi connectivity index (χ1v) is 8.97. The van der Waals surface area contributed by atoms with Gasteiger partial charge in [-0.2, -0.15) is 0 Å². The summed E-state index contributed by atoms with van der Waals surface area (Å²) in [5.41, 5.74) is 1.37. The Labute approximate surface area is 131 Å². The predicted octanol–water partition coefficient (Wildman–Crippen LogP) is 5.13. The van der Waals surface area contributed by atoms with Crippen LogP contribution in [0.2, 0.25) is 0 Å². The Hall–Kier alpha value is -0.700. The van der Waals surface area contributed by atoms with Crippen LogP contribution in [0.3, 0.4) is 0 Å². The van der Waals surface area contributed by atoms with Crippen molar-refractivity contribution in [3.63, 3.8) is 0 Å². The van der Waals surface area contributed by atoms with Gasteiger partial charge in [-0.05, 0) is 37.0 Å². The lowest BCUT2D eigenvalue weighted by molar-refractivity contribution is 0.171. The molecule has 1 aromatic carbocycles. The second-order valence-electron chi connectivity index (χ2n) is 5.39. The van der Waals surface area contributed by atoms with E-state index in [9.17, 15) is 0 Å². The molecule has 0 amide bonds. The van der Waals surface area contributed by atoms with E-state index in [-0.39, 0.29) is 0 Å². The predicted molar refractivity (Wildman–Crippen MR) is 87.2 cm³/mol. The first-order valence-electron chi connectivity index (χ1n) is 7.84. The third-order valence-corrected chi connectivity index (χ3v) is 4.27. The van der Waals surface area contributed by atoms with Gasteiger partial charge in [-0.3, -0.25) is 0 Å². The molecular weight excluding hydrogens is 316 g/mol. The van der Waals surface area contributed by atoms with E-state index in [1.165, 1.54) is 50.5 Å². The van der Waals surface area contributed by atoms with Gasteiger partial charge in [-0.25, -0.2) is 0 Å². The summed E-state index contributed by atoms with van der Waals surface area (Å²) in [4.78, 5) is 0. The Morgan fingerprint density at radius 2 is 1.45 bits per heavy atom. The maximum Gasteiger partial charge on any atom is 0.161 e. The van der Waals surface area contributed by atoms with Crippen LogP contribution in [0.4, 0.5) is 0 Å². The van der Waals surface area contributed by atoms with E-state index in [1.807, 2.05) is 6.07 Å². The highest BCUT2D eigenvalue weighted by Crippen LogP contribution is 2.31. The minimum Gasteiger partial charge on any atom is -0.486 e. The first kappa shape index (κ1) is 15.7. The number of alkyl halides is 1. The van der Waals surface area contributed by atoms with Crippen molar-refractivity contribution in [3.05, 3.63) is 23.8 Å². The number of rotatable bonds is 9. The van der Waals surface area contributed by atoms with E-state index in [1.54, 1.807) is 0 Å². The van der Waals surface area contributed by atoms with Gasteiger partial charge in [0.15, 0.2) is 11.5 Å². The molecule has 0 radical (unpaired) electrons. The topological polar surface area (TPSA) is 18.5 Å². The van der Waals surface area contributed by atoms with Gasteiger partial charge in [0.05, 0.1) is 0 Å². The van der Waals surface area contributed by atoms with E-state index in [0.717, 1.165) is 23.2 Å². The van der Waals surface area contributed by atoms with Crippen LogP contribution in [0, 0.1) is 0 Å². The molecule has 0 atom stereocenters. The lowest BCUT2D eigenvalue weighted by atomic mass is 10.0. The van der Waals surface area contributed by atoms with Gasteiger partial charge in [0.25, 0.3) is 0 Å². The molecule has 1 aromatic rings. The number of unbranched alkanes of at least 4 members (excludes halogenated alkanes) is 6. The van der Waals surface area contributed by atoms with Crippen molar-refractivity contribution in [2.45, 2.75) is 51.4 Å². The maximum absolute atomic E-state index is 5.62. The summed E-state index contributed by atoms with van der Waals surface area (Å²) in [6.45, 7) is 1.34. The van der Waals surface area contributed by atoms with Crippen LogP contribution >= 0.6 is 15.9 Å². The third-order valence-electron chi connectivity index (χ3n) is 3.71. The molecule has 0 aliphatic carbocycles. The highest BCUT2D eigenvalue weighted by atomic mass is 79.9. The summed E-state index contributed by atoms with van der Waals surface area (Å²) in [7, 11) is 0. The van der Waals surface area contributed by atoms with Crippen molar-refractivity contribution in [1.29, 1.82) is 0 Å².